The Labute approximate surface area is 346 Å². The van der Waals surface area contributed by atoms with E-state index in [4.69, 9.17) is 4.74 Å². The summed E-state index contributed by atoms with van der Waals surface area (Å²) in [6.07, 6.45) is 17.6. The van der Waals surface area contributed by atoms with Crippen LogP contribution in [0.3, 0.4) is 0 Å². The summed E-state index contributed by atoms with van der Waals surface area (Å²) < 4.78 is 7.37. The van der Waals surface area contributed by atoms with Crippen molar-refractivity contribution in [3.63, 3.8) is 0 Å². The lowest BCUT2D eigenvalue weighted by Crippen LogP contribution is -2.74. The normalized spacial score (nSPS) is 32.9. The van der Waals surface area contributed by atoms with Crippen LogP contribution < -0.4 is 4.90 Å². The molecule has 296 valence electrons. The van der Waals surface area contributed by atoms with Crippen LogP contribution in [0.5, 0.6) is 0 Å². The molecule has 6 fully saturated rings. The van der Waals surface area contributed by atoms with Crippen LogP contribution in [0.1, 0.15) is 114 Å². The smallest absolute Gasteiger partial charge is 0.0740 e. The van der Waals surface area contributed by atoms with Gasteiger partial charge < -0.3 is 9.64 Å². The third-order valence-electron chi connectivity index (χ3n) is 17.0. The fourth-order valence-electron chi connectivity index (χ4n) is 14.5. The zero-order valence-corrected chi connectivity index (χ0v) is 34.6. The van der Waals surface area contributed by atoms with Crippen molar-refractivity contribution >= 4 is 17.1 Å². The molecule has 0 spiro atoms. The average Bonchev–Trinajstić information content (AvgIpc) is 3.51. The zero-order valence-electron chi connectivity index (χ0n) is 34.6. The number of anilines is 3. The summed E-state index contributed by atoms with van der Waals surface area (Å²) in [6, 6.07) is 47.9. The van der Waals surface area contributed by atoms with E-state index in [0.717, 1.165) is 29.7 Å². The summed E-state index contributed by atoms with van der Waals surface area (Å²) in [5.41, 5.74) is 13.1. The van der Waals surface area contributed by atoms with Gasteiger partial charge in [-0.05, 0) is 156 Å². The molecule has 4 saturated carbocycles. The molecule has 0 bridgehead atoms. The van der Waals surface area contributed by atoms with Crippen LogP contribution in [0, 0.1) is 23.7 Å². The first kappa shape index (κ1) is 35.7. The molecule has 58 heavy (non-hydrogen) atoms. The Hall–Kier alpha value is -4.18. The maximum atomic E-state index is 7.37. The van der Waals surface area contributed by atoms with Gasteiger partial charge in [-0.15, -0.1) is 0 Å². The minimum Gasteiger partial charge on any atom is -0.372 e. The van der Waals surface area contributed by atoms with Crippen molar-refractivity contribution in [1.29, 1.82) is 0 Å². The summed E-state index contributed by atoms with van der Waals surface area (Å²) in [5.74, 6) is 4.34. The van der Waals surface area contributed by atoms with E-state index in [1.54, 1.807) is 0 Å². The van der Waals surface area contributed by atoms with Crippen molar-refractivity contribution in [2.75, 3.05) is 4.90 Å². The molecule has 0 aromatic heterocycles. The largest absolute Gasteiger partial charge is 0.372 e. The molecule has 7 aliphatic rings. The van der Waals surface area contributed by atoms with E-state index in [0.29, 0.717) is 30.2 Å². The van der Waals surface area contributed by atoms with Gasteiger partial charge in [-0.25, -0.2) is 0 Å². The Balaban J connectivity index is 0.851. The number of benzene rings is 5. The van der Waals surface area contributed by atoms with Crippen molar-refractivity contribution in [2.24, 2.45) is 23.7 Å². The molecule has 12 rings (SSSR count). The Kier molecular flexibility index (Phi) is 8.60. The van der Waals surface area contributed by atoms with Gasteiger partial charge in [0.1, 0.15) is 0 Å². The molecule has 10 unspecified atom stereocenters. The second kappa shape index (κ2) is 14.0. The maximum Gasteiger partial charge on any atom is 0.0740 e. The Morgan fingerprint density at radius 3 is 2.10 bits per heavy atom. The third-order valence-corrected chi connectivity index (χ3v) is 17.0. The lowest BCUT2D eigenvalue weighted by molar-refractivity contribution is -0.253. The lowest BCUT2D eigenvalue weighted by Gasteiger charge is -2.68. The number of nitrogens with zero attached hydrogens (tertiary/aromatic N) is 2. The molecule has 0 amide bonds. The molecule has 0 N–H and O–H groups in total. The molecule has 2 aliphatic heterocycles. The summed E-state index contributed by atoms with van der Waals surface area (Å²) in [7, 11) is 0. The van der Waals surface area contributed by atoms with Crippen molar-refractivity contribution in [2.45, 2.75) is 133 Å². The van der Waals surface area contributed by atoms with E-state index < -0.39 is 0 Å². The number of fused-ring (bicyclic) bond motifs is 8. The second-order valence-corrected chi connectivity index (χ2v) is 20.0. The number of hydrogen-bond acceptors (Lipinski definition) is 3. The number of morpholine rings is 1. The van der Waals surface area contributed by atoms with Crippen LogP contribution in [0.25, 0.3) is 22.3 Å². The Morgan fingerprint density at radius 1 is 0.552 bits per heavy atom. The fourth-order valence-corrected chi connectivity index (χ4v) is 14.5. The Bertz CT molecular complexity index is 2300. The first-order valence-electron chi connectivity index (χ1n) is 23.2. The summed E-state index contributed by atoms with van der Waals surface area (Å²) in [6.45, 7) is 4.77. The van der Waals surface area contributed by atoms with Crippen LogP contribution in [-0.4, -0.2) is 35.2 Å². The Morgan fingerprint density at radius 2 is 1.26 bits per heavy atom. The SMILES string of the molecule is CC1(C)c2ccccc2-c2ccc(N(c3ccc(-c4ccccc4)cc3)c3ccc(C4CCC5C(C4)OC4CCC6CCCC7C8CCCCC8N5C4C67)cc3)cc21. The molecule has 3 heteroatoms. The van der Waals surface area contributed by atoms with Crippen LogP contribution in [0.4, 0.5) is 17.1 Å². The molecule has 5 aromatic carbocycles. The summed E-state index contributed by atoms with van der Waals surface area (Å²) in [4.78, 5) is 5.68. The molecule has 3 nitrogen and oxygen atoms in total. The van der Waals surface area contributed by atoms with Gasteiger partial charge in [0, 0.05) is 40.6 Å². The zero-order chi connectivity index (χ0) is 38.5. The molecule has 0 radical (unpaired) electrons. The standard InChI is InChI=1S/C55H60N2O/c1-55(2)47-17-8-6-14-43(47)44-30-29-42(34-48(44)55)56(40-25-19-36(20-26-40)35-11-4-3-5-12-35)41-27-21-37(22-28-41)39-23-31-50-52(33-39)58-51-32-24-38-13-10-16-46-45-15-7-9-18-49(45)57(50)54(51)53(38)46/h3-6,8,11-12,14,17,19-22,25-30,34,38-39,45-46,49-54H,7,9-10,13,15-16,18,23-24,31-33H2,1-2H3. The number of ether oxygens (including phenoxy) is 1. The predicted octanol–water partition coefficient (Wildman–Crippen LogP) is 13.6. The first-order chi connectivity index (χ1) is 28.5. The molecular formula is C55H60N2O. The highest BCUT2D eigenvalue weighted by Crippen LogP contribution is 2.59. The van der Waals surface area contributed by atoms with Crippen molar-refractivity contribution < 1.29 is 4.74 Å². The summed E-state index contributed by atoms with van der Waals surface area (Å²) in [5, 5.41) is 0. The van der Waals surface area contributed by atoms with Crippen molar-refractivity contribution in [3.8, 4) is 22.3 Å². The van der Waals surface area contributed by atoms with Gasteiger partial charge >= 0.3 is 0 Å². The minimum absolute atomic E-state index is 0.0573. The quantitative estimate of drug-likeness (QED) is 0.177. The molecule has 2 saturated heterocycles. The van der Waals surface area contributed by atoms with Gasteiger partial charge in [-0.1, -0.05) is 124 Å². The van der Waals surface area contributed by atoms with E-state index in [-0.39, 0.29) is 5.41 Å². The molecule has 5 aromatic rings. The summed E-state index contributed by atoms with van der Waals surface area (Å²) >= 11 is 0. The van der Waals surface area contributed by atoms with E-state index in [2.05, 4.69) is 145 Å². The number of hydrogen-bond donors (Lipinski definition) is 0. The van der Waals surface area contributed by atoms with Crippen molar-refractivity contribution in [3.05, 3.63) is 138 Å². The number of piperidine rings is 1. The molecule has 10 atom stereocenters. The predicted molar refractivity (Wildman–Crippen MR) is 238 cm³/mol. The van der Waals surface area contributed by atoms with Crippen molar-refractivity contribution in [1.82, 2.24) is 4.90 Å². The van der Waals surface area contributed by atoms with E-state index in [1.165, 1.54) is 133 Å². The van der Waals surface area contributed by atoms with Gasteiger partial charge in [0.05, 0.1) is 12.2 Å². The van der Waals surface area contributed by atoms with Gasteiger partial charge in [-0.3, -0.25) is 4.90 Å². The van der Waals surface area contributed by atoms with Crippen LogP contribution in [0.2, 0.25) is 0 Å². The monoisotopic (exact) mass is 764 g/mol. The molecule has 5 aliphatic carbocycles. The molecule has 2 heterocycles. The highest BCUT2D eigenvalue weighted by molar-refractivity contribution is 5.86. The van der Waals surface area contributed by atoms with Gasteiger partial charge in [-0.2, -0.15) is 0 Å². The van der Waals surface area contributed by atoms with E-state index in [1.807, 2.05) is 0 Å². The topological polar surface area (TPSA) is 15.7 Å². The molecular weight excluding hydrogens is 705 g/mol. The van der Waals surface area contributed by atoms with Gasteiger partial charge in [0.2, 0.25) is 0 Å². The first-order valence-corrected chi connectivity index (χ1v) is 23.2. The highest BCUT2D eigenvalue weighted by atomic mass is 16.5. The van der Waals surface area contributed by atoms with Crippen LogP contribution in [0.15, 0.2) is 121 Å². The van der Waals surface area contributed by atoms with Gasteiger partial charge in [0.25, 0.3) is 0 Å². The fraction of sp³-hybridized carbons (Fsp3) is 0.455. The van der Waals surface area contributed by atoms with Crippen LogP contribution >= 0.6 is 0 Å². The van der Waals surface area contributed by atoms with Crippen LogP contribution in [-0.2, 0) is 10.2 Å². The number of rotatable bonds is 5. The highest BCUT2D eigenvalue weighted by Gasteiger charge is 2.61. The van der Waals surface area contributed by atoms with E-state index in [9.17, 15) is 0 Å². The third kappa shape index (κ3) is 5.58. The second-order valence-electron chi connectivity index (χ2n) is 20.0. The average molecular weight is 765 g/mol. The lowest BCUT2D eigenvalue weighted by atomic mass is 9.53. The minimum atomic E-state index is -0.0573. The van der Waals surface area contributed by atoms with Gasteiger partial charge in [0.15, 0.2) is 0 Å². The maximum absolute atomic E-state index is 7.37. The van der Waals surface area contributed by atoms with E-state index >= 15 is 0 Å².